The van der Waals surface area contributed by atoms with Gasteiger partial charge in [0.25, 0.3) is 0 Å². The van der Waals surface area contributed by atoms with Gasteiger partial charge in [0.05, 0.1) is 29.5 Å². The Kier molecular flexibility index (Phi) is 4.46. The standard InChI is InChI=1S/C19H19N3O3S/c1-2-25-19(24)17-13(12-7-8-12)10-26-18(17)21-16(23)9-22-11-20-14-5-3-4-6-15(14)22/h3-6,10-12H,2,7-9H2,1H3,(H,21,23). The number of nitrogens with one attached hydrogen (secondary N) is 1. The first-order valence-corrected chi connectivity index (χ1v) is 9.53. The number of carbonyl (C=O) groups is 2. The molecule has 1 aliphatic carbocycles. The number of anilines is 1. The lowest BCUT2D eigenvalue weighted by molar-refractivity contribution is -0.116. The average Bonchev–Trinajstić information content (AvgIpc) is 3.28. The summed E-state index contributed by atoms with van der Waals surface area (Å²) in [5.74, 6) is -0.143. The van der Waals surface area contributed by atoms with E-state index < -0.39 is 0 Å². The summed E-state index contributed by atoms with van der Waals surface area (Å²) in [7, 11) is 0. The lowest BCUT2D eigenvalue weighted by Crippen LogP contribution is -2.19. The van der Waals surface area contributed by atoms with Crippen LogP contribution in [0.5, 0.6) is 0 Å². The highest BCUT2D eigenvalue weighted by Gasteiger charge is 2.32. The average molecular weight is 369 g/mol. The van der Waals surface area contributed by atoms with E-state index in [9.17, 15) is 9.59 Å². The van der Waals surface area contributed by atoms with Gasteiger partial charge in [-0.3, -0.25) is 4.79 Å². The maximum Gasteiger partial charge on any atom is 0.341 e. The van der Waals surface area contributed by atoms with Crippen LogP contribution in [0.1, 0.15) is 41.6 Å². The Labute approximate surface area is 154 Å². The van der Waals surface area contributed by atoms with Crippen LogP contribution < -0.4 is 5.32 Å². The number of hydrogen-bond donors (Lipinski definition) is 1. The van der Waals surface area contributed by atoms with Gasteiger partial charge >= 0.3 is 5.97 Å². The van der Waals surface area contributed by atoms with Gasteiger partial charge in [0.1, 0.15) is 11.5 Å². The van der Waals surface area contributed by atoms with Crippen molar-refractivity contribution in [1.82, 2.24) is 9.55 Å². The lowest BCUT2D eigenvalue weighted by atomic mass is 10.1. The van der Waals surface area contributed by atoms with Gasteiger partial charge in [-0.05, 0) is 48.8 Å². The van der Waals surface area contributed by atoms with E-state index in [2.05, 4.69) is 10.3 Å². The fraction of sp³-hybridized carbons (Fsp3) is 0.316. The highest BCUT2D eigenvalue weighted by Crippen LogP contribution is 2.46. The molecule has 1 N–H and O–H groups in total. The van der Waals surface area contributed by atoms with Crippen molar-refractivity contribution >= 4 is 39.2 Å². The third-order valence-electron chi connectivity index (χ3n) is 4.41. The zero-order chi connectivity index (χ0) is 18.1. The zero-order valence-corrected chi connectivity index (χ0v) is 15.2. The maximum atomic E-state index is 12.5. The number of esters is 1. The Balaban J connectivity index is 1.55. The van der Waals surface area contributed by atoms with Crippen LogP contribution in [-0.4, -0.2) is 28.0 Å². The van der Waals surface area contributed by atoms with Crippen molar-refractivity contribution < 1.29 is 14.3 Å². The number of aromatic nitrogens is 2. The van der Waals surface area contributed by atoms with Crippen LogP contribution in [0.3, 0.4) is 0 Å². The van der Waals surface area contributed by atoms with E-state index in [0.29, 0.717) is 23.1 Å². The maximum absolute atomic E-state index is 12.5. The van der Waals surface area contributed by atoms with Crippen LogP contribution in [0.4, 0.5) is 5.00 Å². The smallest absolute Gasteiger partial charge is 0.341 e. The van der Waals surface area contributed by atoms with Crippen molar-refractivity contribution in [2.75, 3.05) is 11.9 Å². The summed E-state index contributed by atoms with van der Waals surface area (Å²) >= 11 is 1.39. The Bertz CT molecular complexity index is 971. The molecule has 0 unspecified atom stereocenters. The fourth-order valence-electron chi connectivity index (χ4n) is 3.03. The number of imidazole rings is 1. The quantitative estimate of drug-likeness (QED) is 0.671. The van der Waals surface area contributed by atoms with E-state index in [4.69, 9.17) is 4.74 Å². The molecular weight excluding hydrogens is 350 g/mol. The third kappa shape index (κ3) is 3.22. The molecular formula is C19H19N3O3S. The minimum atomic E-state index is -0.362. The van der Waals surface area contributed by atoms with Crippen molar-refractivity contribution in [3.05, 3.63) is 47.1 Å². The number of benzene rings is 1. The molecule has 1 saturated carbocycles. The van der Waals surface area contributed by atoms with E-state index in [0.717, 1.165) is 29.4 Å². The predicted molar refractivity (Wildman–Crippen MR) is 101 cm³/mol. The van der Waals surface area contributed by atoms with Crippen LogP contribution in [0.2, 0.25) is 0 Å². The minimum absolute atomic E-state index is 0.138. The molecule has 2 aromatic heterocycles. The monoisotopic (exact) mass is 369 g/mol. The Morgan fingerprint density at radius 3 is 2.92 bits per heavy atom. The number of ether oxygens (including phenoxy) is 1. The van der Waals surface area contributed by atoms with Crippen molar-refractivity contribution in [3.63, 3.8) is 0 Å². The summed E-state index contributed by atoms with van der Waals surface area (Å²) < 4.78 is 6.99. The second-order valence-electron chi connectivity index (χ2n) is 6.30. The van der Waals surface area contributed by atoms with Gasteiger partial charge in [-0.15, -0.1) is 11.3 Å². The summed E-state index contributed by atoms with van der Waals surface area (Å²) in [6.45, 7) is 2.23. The molecule has 4 rings (SSSR count). The van der Waals surface area contributed by atoms with Crippen molar-refractivity contribution in [2.45, 2.75) is 32.2 Å². The molecule has 1 fully saturated rings. The van der Waals surface area contributed by atoms with E-state index in [1.807, 2.05) is 29.6 Å². The number of nitrogens with zero attached hydrogens (tertiary/aromatic N) is 2. The number of para-hydroxylation sites is 2. The highest BCUT2D eigenvalue weighted by molar-refractivity contribution is 7.15. The summed E-state index contributed by atoms with van der Waals surface area (Å²) in [6, 6.07) is 7.66. The highest BCUT2D eigenvalue weighted by atomic mass is 32.1. The minimum Gasteiger partial charge on any atom is -0.462 e. The summed E-state index contributed by atoms with van der Waals surface area (Å²) in [5.41, 5.74) is 3.26. The molecule has 2 heterocycles. The fourth-order valence-corrected chi connectivity index (χ4v) is 4.08. The first-order valence-electron chi connectivity index (χ1n) is 8.65. The molecule has 0 atom stereocenters. The second kappa shape index (κ2) is 6.92. The molecule has 0 radical (unpaired) electrons. The molecule has 134 valence electrons. The first-order chi connectivity index (χ1) is 12.7. The van der Waals surface area contributed by atoms with Gasteiger partial charge in [0.2, 0.25) is 5.91 Å². The largest absolute Gasteiger partial charge is 0.462 e. The third-order valence-corrected chi connectivity index (χ3v) is 5.32. The number of hydrogen-bond acceptors (Lipinski definition) is 5. The number of fused-ring (bicyclic) bond motifs is 1. The molecule has 0 saturated heterocycles. The van der Waals surface area contributed by atoms with Crippen molar-refractivity contribution in [2.24, 2.45) is 0 Å². The van der Waals surface area contributed by atoms with Crippen LogP contribution in [0.25, 0.3) is 11.0 Å². The van der Waals surface area contributed by atoms with E-state index >= 15 is 0 Å². The van der Waals surface area contributed by atoms with Gasteiger partial charge in [-0.25, -0.2) is 9.78 Å². The number of rotatable bonds is 6. The first kappa shape index (κ1) is 16.8. The molecule has 1 aromatic carbocycles. The van der Waals surface area contributed by atoms with Crippen LogP contribution in [0.15, 0.2) is 36.0 Å². The van der Waals surface area contributed by atoms with Crippen molar-refractivity contribution in [3.8, 4) is 0 Å². The molecule has 0 spiro atoms. The van der Waals surface area contributed by atoms with Crippen LogP contribution in [-0.2, 0) is 16.1 Å². The Morgan fingerprint density at radius 1 is 1.35 bits per heavy atom. The van der Waals surface area contributed by atoms with Gasteiger partial charge in [0, 0.05) is 0 Å². The van der Waals surface area contributed by atoms with Gasteiger partial charge in [-0.1, -0.05) is 12.1 Å². The Morgan fingerprint density at radius 2 is 2.15 bits per heavy atom. The topological polar surface area (TPSA) is 73.2 Å². The van der Waals surface area contributed by atoms with Crippen LogP contribution >= 0.6 is 11.3 Å². The van der Waals surface area contributed by atoms with Crippen LogP contribution in [0, 0.1) is 0 Å². The molecule has 1 amide bonds. The Hall–Kier alpha value is -2.67. The van der Waals surface area contributed by atoms with Crippen molar-refractivity contribution in [1.29, 1.82) is 0 Å². The molecule has 7 heteroatoms. The predicted octanol–water partition coefficient (Wildman–Crippen LogP) is 3.79. The number of thiophene rings is 1. The lowest BCUT2D eigenvalue weighted by Gasteiger charge is -2.09. The summed E-state index contributed by atoms with van der Waals surface area (Å²) in [4.78, 5) is 29.2. The molecule has 0 bridgehead atoms. The summed E-state index contributed by atoms with van der Waals surface area (Å²) in [6.07, 6.45) is 3.82. The molecule has 1 aliphatic rings. The zero-order valence-electron chi connectivity index (χ0n) is 14.4. The van der Waals surface area contributed by atoms with E-state index in [-0.39, 0.29) is 18.4 Å². The van der Waals surface area contributed by atoms with E-state index in [1.54, 1.807) is 17.8 Å². The molecule has 3 aromatic rings. The SMILES string of the molecule is CCOC(=O)c1c(C2CC2)csc1NC(=O)Cn1cnc2ccccc21. The van der Waals surface area contributed by atoms with E-state index in [1.165, 1.54) is 11.3 Å². The molecule has 6 nitrogen and oxygen atoms in total. The normalized spacial score (nSPS) is 13.7. The van der Waals surface area contributed by atoms with Gasteiger partial charge in [0.15, 0.2) is 0 Å². The number of amides is 1. The van der Waals surface area contributed by atoms with Gasteiger partial charge in [-0.2, -0.15) is 0 Å². The summed E-state index contributed by atoms with van der Waals surface area (Å²) in [5, 5.41) is 5.42. The second-order valence-corrected chi connectivity index (χ2v) is 7.18. The number of carbonyl (C=O) groups excluding carboxylic acids is 2. The molecule has 0 aliphatic heterocycles. The molecule has 26 heavy (non-hydrogen) atoms. The van der Waals surface area contributed by atoms with Gasteiger partial charge < -0.3 is 14.6 Å².